The maximum Gasteiger partial charge on any atom is 0.271 e. The van der Waals surface area contributed by atoms with Gasteiger partial charge in [-0.1, -0.05) is 48.5 Å². The van der Waals surface area contributed by atoms with E-state index in [-0.39, 0.29) is 12.5 Å². The molecule has 1 amide bonds. The number of carbonyl (C=O) groups excluding carboxylic acids is 1. The smallest absolute Gasteiger partial charge is 0.267 e. The van der Waals surface area contributed by atoms with Gasteiger partial charge in [0.2, 0.25) is 0 Å². The SMILES string of the molecule is CSc1ccc(/C=N/NC(=O)c2ccc(CN3c4cccc5cccc(c45)S3(=O)=O)cc2)cc1. The van der Waals surface area contributed by atoms with Crippen molar-refractivity contribution in [2.24, 2.45) is 5.10 Å². The fourth-order valence-electron chi connectivity index (χ4n) is 3.98. The lowest BCUT2D eigenvalue weighted by Gasteiger charge is -2.19. The third-order valence-corrected chi connectivity index (χ3v) is 8.26. The van der Waals surface area contributed by atoms with E-state index in [1.807, 2.05) is 54.8 Å². The second kappa shape index (κ2) is 8.96. The van der Waals surface area contributed by atoms with Crippen molar-refractivity contribution < 1.29 is 13.2 Å². The number of sulfonamides is 1. The van der Waals surface area contributed by atoms with Crippen LogP contribution in [0.1, 0.15) is 21.5 Å². The average Bonchev–Trinajstić information content (AvgIpc) is 3.08. The van der Waals surface area contributed by atoms with Gasteiger partial charge in [-0.05, 0) is 59.2 Å². The lowest BCUT2D eigenvalue weighted by molar-refractivity contribution is 0.0955. The number of rotatable bonds is 6. The fourth-order valence-corrected chi connectivity index (χ4v) is 6.08. The van der Waals surface area contributed by atoms with Crippen molar-refractivity contribution in [3.63, 3.8) is 0 Å². The van der Waals surface area contributed by atoms with Crippen molar-refractivity contribution in [2.45, 2.75) is 16.3 Å². The summed E-state index contributed by atoms with van der Waals surface area (Å²) in [5.74, 6) is -0.338. The van der Waals surface area contributed by atoms with Crippen LogP contribution in [0.4, 0.5) is 5.69 Å². The first-order valence-electron chi connectivity index (χ1n) is 10.6. The van der Waals surface area contributed by atoms with Gasteiger partial charge in [0.15, 0.2) is 0 Å². The summed E-state index contributed by atoms with van der Waals surface area (Å²) in [7, 11) is -3.63. The molecule has 0 saturated heterocycles. The van der Waals surface area contributed by atoms with Crippen LogP contribution in [-0.2, 0) is 16.6 Å². The van der Waals surface area contributed by atoms with Gasteiger partial charge < -0.3 is 0 Å². The quantitative estimate of drug-likeness (QED) is 0.235. The van der Waals surface area contributed by atoms with Crippen LogP contribution in [0.25, 0.3) is 10.8 Å². The van der Waals surface area contributed by atoms with E-state index in [4.69, 9.17) is 0 Å². The Morgan fingerprint density at radius 2 is 1.68 bits per heavy atom. The maximum absolute atomic E-state index is 13.2. The Hall–Kier alpha value is -3.62. The first kappa shape index (κ1) is 22.2. The van der Waals surface area contributed by atoms with E-state index in [1.54, 1.807) is 54.4 Å². The van der Waals surface area contributed by atoms with Crippen LogP contribution >= 0.6 is 11.8 Å². The molecule has 8 heteroatoms. The molecule has 0 radical (unpaired) electrons. The molecule has 0 aliphatic carbocycles. The van der Waals surface area contributed by atoms with Gasteiger partial charge in [0.25, 0.3) is 15.9 Å². The van der Waals surface area contributed by atoms with E-state index in [2.05, 4.69) is 10.5 Å². The molecule has 0 atom stereocenters. The topological polar surface area (TPSA) is 78.8 Å². The maximum atomic E-state index is 13.2. The van der Waals surface area contributed by atoms with Crippen molar-refractivity contribution >= 4 is 50.4 Å². The van der Waals surface area contributed by atoms with Crippen LogP contribution in [0.2, 0.25) is 0 Å². The minimum absolute atomic E-state index is 0.183. The molecule has 0 aromatic heterocycles. The second-order valence-corrected chi connectivity index (χ2v) is 10.5. The number of hydrazone groups is 1. The number of hydrogen-bond donors (Lipinski definition) is 1. The molecule has 1 N–H and O–H groups in total. The van der Waals surface area contributed by atoms with Crippen LogP contribution < -0.4 is 9.73 Å². The zero-order valence-corrected chi connectivity index (χ0v) is 19.9. The summed E-state index contributed by atoms with van der Waals surface area (Å²) in [6.45, 7) is 0.183. The number of thioether (sulfide) groups is 1. The third kappa shape index (κ3) is 4.06. The van der Waals surface area contributed by atoms with Gasteiger partial charge in [-0.25, -0.2) is 13.8 Å². The van der Waals surface area contributed by atoms with Crippen molar-refractivity contribution in [3.8, 4) is 0 Å². The monoisotopic (exact) mass is 487 g/mol. The van der Waals surface area contributed by atoms with E-state index >= 15 is 0 Å². The first-order valence-corrected chi connectivity index (χ1v) is 13.2. The van der Waals surface area contributed by atoms with Crippen molar-refractivity contribution in [1.82, 2.24) is 5.43 Å². The van der Waals surface area contributed by atoms with E-state index < -0.39 is 10.0 Å². The number of anilines is 1. The highest BCUT2D eigenvalue weighted by Crippen LogP contribution is 2.42. The Morgan fingerprint density at radius 1 is 0.971 bits per heavy atom. The first-order chi connectivity index (χ1) is 16.5. The minimum atomic E-state index is -3.63. The Balaban J connectivity index is 1.29. The molecular weight excluding hydrogens is 466 g/mol. The number of amides is 1. The lowest BCUT2D eigenvalue weighted by Crippen LogP contribution is -2.26. The van der Waals surface area contributed by atoms with E-state index in [1.165, 1.54) is 4.31 Å². The molecule has 0 spiro atoms. The summed E-state index contributed by atoms with van der Waals surface area (Å²) in [5.41, 5.74) is 5.31. The molecule has 0 fully saturated rings. The molecule has 4 aromatic carbocycles. The van der Waals surface area contributed by atoms with Gasteiger partial charge in [0.1, 0.15) is 0 Å². The predicted octanol–water partition coefficient (Wildman–Crippen LogP) is 5.03. The highest BCUT2D eigenvalue weighted by Gasteiger charge is 2.35. The summed E-state index contributed by atoms with van der Waals surface area (Å²) < 4.78 is 27.7. The predicted molar refractivity (Wildman–Crippen MR) is 137 cm³/mol. The minimum Gasteiger partial charge on any atom is -0.267 e. The summed E-state index contributed by atoms with van der Waals surface area (Å²) in [6.07, 6.45) is 3.60. The van der Waals surface area contributed by atoms with Gasteiger partial charge in [0.05, 0.1) is 23.3 Å². The van der Waals surface area contributed by atoms with E-state index in [9.17, 15) is 13.2 Å². The number of nitrogens with one attached hydrogen (secondary N) is 1. The number of nitrogens with zero attached hydrogens (tertiary/aromatic N) is 2. The van der Waals surface area contributed by atoms with Gasteiger partial charge in [-0.15, -0.1) is 11.8 Å². The standard InChI is InChI=1S/C26H21N3O3S2/c1-33-22-14-10-18(11-15-22)16-27-28-26(30)21-12-8-19(9-13-21)17-29-23-6-2-4-20-5-3-7-24(25(20)23)34(29,31)32/h2-16H,17H2,1H3,(H,28,30)/b27-16+. The number of benzene rings is 4. The van der Waals surface area contributed by atoms with Crippen LogP contribution in [0.15, 0.2) is 99.8 Å². The zero-order chi connectivity index (χ0) is 23.7. The zero-order valence-electron chi connectivity index (χ0n) is 18.3. The Labute approximate surface area is 202 Å². The van der Waals surface area contributed by atoms with Crippen LogP contribution in [-0.4, -0.2) is 26.8 Å². The average molecular weight is 488 g/mol. The molecule has 0 bridgehead atoms. The molecule has 1 aliphatic rings. The molecular formula is C26H21N3O3S2. The molecule has 0 saturated carbocycles. The van der Waals surface area contributed by atoms with Crippen molar-refractivity contribution in [2.75, 3.05) is 10.6 Å². The van der Waals surface area contributed by atoms with Crippen molar-refractivity contribution in [3.05, 3.63) is 102 Å². The Morgan fingerprint density at radius 3 is 2.38 bits per heavy atom. The van der Waals surface area contributed by atoms with Gasteiger partial charge >= 0.3 is 0 Å². The molecule has 0 unspecified atom stereocenters. The van der Waals surface area contributed by atoms with Crippen LogP contribution in [0.3, 0.4) is 0 Å². The summed E-state index contributed by atoms with van der Waals surface area (Å²) >= 11 is 1.66. The molecule has 5 rings (SSSR count). The fraction of sp³-hybridized carbons (Fsp3) is 0.0769. The lowest BCUT2D eigenvalue weighted by atomic mass is 10.1. The highest BCUT2D eigenvalue weighted by atomic mass is 32.2. The summed E-state index contributed by atoms with van der Waals surface area (Å²) in [5, 5.41) is 5.67. The number of hydrogen-bond acceptors (Lipinski definition) is 5. The van der Waals surface area contributed by atoms with Crippen molar-refractivity contribution in [1.29, 1.82) is 0 Å². The van der Waals surface area contributed by atoms with Crippen LogP contribution in [0.5, 0.6) is 0 Å². The van der Waals surface area contributed by atoms with Gasteiger partial charge in [-0.2, -0.15) is 5.10 Å². The largest absolute Gasteiger partial charge is 0.271 e. The van der Waals surface area contributed by atoms with Crippen LogP contribution in [0, 0.1) is 0 Å². The normalized spacial score (nSPS) is 14.1. The molecule has 1 aliphatic heterocycles. The van der Waals surface area contributed by atoms with Gasteiger partial charge in [0, 0.05) is 15.8 Å². The molecule has 34 heavy (non-hydrogen) atoms. The second-order valence-electron chi connectivity index (χ2n) is 7.81. The summed E-state index contributed by atoms with van der Waals surface area (Å²) in [4.78, 5) is 13.9. The van der Waals surface area contributed by atoms with E-state index in [0.717, 1.165) is 26.8 Å². The Bertz CT molecular complexity index is 1510. The molecule has 170 valence electrons. The highest BCUT2D eigenvalue weighted by molar-refractivity contribution is 7.98. The van der Waals surface area contributed by atoms with Gasteiger partial charge in [-0.3, -0.25) is 9.10 Å². The number of carbonyl (C=O) groups is 1. The Kier molecular flexibility index (Phi) is 5.85. The third-order valence-electron chi connectivity index (χ3n) is 5.72. The molecule has 6 nitrogen and oxygen atoms in total. The molecule has 1 heterocycles. The molecule has 4 aromatic rings. The summed E-state index contributed by atoms with van der Waals surface area (Å²) in [6, 6.07) is 25.6. The van der Waals surface area contributed by atoms with E-state index in [0.29, 0.717) is 16.1 Å².